The lowest BCUT2D eigenvalue weighted by molar-refractivity contribution is -0.137. The Morgan fingerprint density at radius 3 is 2.53 bits per heavy atom. The van der Waals surface area contributed by atoms with Crippen molar-refractivity contribution in [1.82, 2.24) is 9.88 Å². The fourth-order valence-electron chi connectivity index (χ4n) is 5.38. The van der Waals surface area contributed by atoms with Gasteiger partial charge in [-0.2, -0.15) is 13.2 Å². The van der Waals surface area contributed by atoms with Gasteiger partial charge in [0.2, 0.25) is 0 Å². The number of halogens is 3. The van der Waals surface area contributed by atoms with Gasteiger partial charge in [0.25, 0.3) is 0 Å². The molecule has 1 saturated heterocycles. The molecule has 0 spiro atoms. The molecule has 4 N–H and O–H groups in total. The second-order valence-corrected chi connectivity index (χ2v) is 9.59. The predicted octanol–water partition coefficient (Wildman–Crippen LogP) is 3.19. The number of aromatic nitrogens is 1. The normalized spacial score (nSPS) is 31.6. The number of nitrogens with zero attached hydrogens (tertiary/aromatic N) is 3. The van der Waals surface area contributed by atoms with E-state index in [4.69, 9.17) is 21.2 Å². The molecule has 6 nitrogen and oxygen atoms in total. The van der Waals surface area contributed by atoms with Crippen molar-refractivity contribution >= 4 is 17.2 Å². The second-order valence-electron chi connectivity index (χ2n) is 9.59. The van der Waals surface area contributed by atoms with E-state index in [-0.39, 0.29) is 11.3 Å². The van der Waals surface area contributed by atoms with E-state index in [1.165, 1.54) is 19.0 Å². The van der Waals surface area contributed by atoms with Crippen LogP contribution in [0, 0.1) is 23.7 Å². The molecule has 0 bridgehead atoms. The Morgan fingerprint density at radius 2 is 1.91 bits per heavy atom. The zero-order valence-corrected chi connectivity index (χ0v) is 18.0. The van der Waals surface area contributed by atoms with Crippen molar-refractivity contribution < 1.29 is 17.9 Å². The summed E-state index contributed by atoms with van der Waals surface area (Å²) >= 11 is 0. The zero-order chi connectivity index (χ0) is 22.5. The van der Waals surface area contributed by atoms with Gasteiger partial charge in [-0.15, -0.1) is 0 Å². The Hall–Kier alpha value is -2.13. The number of ether oxygens (including phenoxy) is 1. The van der Waals surface area contributed by atoms with Gasteiger partial charge < -0.3 is 16.2 Å². The SMILES string of the molecule is NC(=CC(=NCC1CC1)C1C2CC(N3CCOCC3)CC21)c1cnc(N)c(C(F)(F)F)c1. The quantitative estimate of drug-likeness (QED) is 0.651. The minimum absolute atomic E-state index is 0.225. The second kappa shape index (κ2) is 8.33. The van der Waals surface area contributed by atoms with Crippen molar-refractivity contribution in [2.75, 3.05) is 38.6 Å². The van der Waals surface area contributed by atoms with Crippen molar-refractivity contribution in [3.63, 3.8) is 0 Å². The molecule has 1 aromatic heterocycles. The van der Waals surface area contributed by atoms with Crippen molar-refractivity contribution in [2.24, 2.45) is 34.4 Å². The summed E-state index contributed by atoms with van der Waals surface area (Å²) in [5, 5.41) is 0. The van der Waals surface area contributed by atoms with Crippen LogP contribution in [0.2, 0.25) is 0 Å². The first-order valence-electron chi connectivity index (χ1n) is 11.5. The van der Waals surface area contributed by atoms with E-state index >= 15 is 0 Å². The number of allylic oxidation sites excluding steroid dienone is 1. The van der Waals surface area contributed by atoms with Crippen molar-refractivity contribution in [3.05, 3.63) is 29.5 Å². The van der Waals surface area contributed by atoms with Crippen LogP contribution < -0.4 is 11.5 Å². The Balaban J connectivity index is 1.33. The van der Waals surface area contributed by atoms with Crippen LogP contribution >= 0.6 is 0 Å². The summed E-state index contributed by atoms with van der Waals surface area (Å²) in [7, 11) is 0. The molecule has 0 aromatic carbocycles. The van der Waals surface area contributed by atoms with E-state index in [1.807, 2.05) is 0 Å². The number of nitrogens with two attached hydrogens (primary N) is 2. The van der Waals surface area contributed by atoms with Gasteiger partial charge in [-0.25, -0.2) is 4.98 Å². The summed E-state index contributed by atoms with van der Waals surface area (Å²) in [4.78, 5) is 11.1. The molecule has 32 heavy (non-hydrogen) atoms. The highest BCUT2D eigenvalue weighted by Crippen LogP contribution is 2.59. The third-order valence-electron chi connectivity index (χ3n) is 7.41. The van der Waals surface area contributed by atoms with Crippen LogP contribution in [0.5, 0.6) is 0 Å². The molecule has 2 unspecified atom stereocenters. The largest absolute Gasteiger partial charge is 0.419 e. The molecule has 5 rings (SSSR count). The molecule has 9 heteroatoms. The molecular formula is C23H30F3N5O. The number of fused-ring (bicyclic) bond motifs is 1. The van der Waals surface area contributed by atoms with E-state index in [2.05, 4.69) is 9.88 Å². The molecule has 0 amide bonds. The first kappa shape index (κ1) is 21.7. The first-order valence-corrected chi connectivity index (χ1v) is 11.5. The number of pyridine rings is 1. The van der Waals surface area contributed by atoms with Crippen LogP contribution in [-0.4, -0.2) is 54.5 Å². The van der Waals surface area contributed by atoms with Crippen LogP contribution in [-0.2, 0) is 10.9 Å². The monoisotopic (exact) mass is 449 g/mol. The molecule has 3 aliphatic carbocycles. The number of alkyl halides is 3. The van der Waals surface area contributed by atoms with Crippen LogP contribution in [0.15, 0.2) is 23.3 Å². The Morgan fingerprint density at radius 1 is 1.22 bits per heavy atom. The summed E-state index contributed by atoms with van der Waals surface area (Å²) in [6.45, 7) is 4.37. The maximum absolute atomic E-state index is 13.2. The molecule has 2 heterocycles. The summed E-state index contributed by atoms with van der Waals surface area (Å²) in [5.41, 5.74) is 12.1. The number of rotatable bonds is 6. The van der Waals surface area contributed by atoms with Crippen molar-refractivity contribution in [1.29, 1.82) is 0 Å². The molecule has 2 atom stereocenters. The summed E-state index contributed by atoms with van der Waals surface area (Å²) in [6.07, 6.45) is 3.20. The van der Waals surface area contributed by atoms with Gasteiger partial charge in [0, 0.05) is 54.8 Å². The number of anilines is 1. The highest BCUT2D eigenvalue weighted by atomic mass is 19.4. The van der Waals surface area contributed by atoms with Crippen LogP contribution in [0.4, 0.5) is 19.0 Å². The molecular weight excluding hydrogens is 419 g/mol. The topological polar surface area (TPSA) is 89.8 Å². The van der Waals surface area contributed by atoms with Gasteiger partial charge in [-0.1, -0.05) is 0 Å². The summed E-state index contributed by atoms with van der Waals surface area (Å²) < 4.78 is 45.2. The summed E-state index contributed by atoms with van der Waals surface area (Å²) in [5.74, 6) is 1.62. The van der Waals surface area contributed by atoms with Gasteiger partial charge in [-0.05, 0) is 55.6 Å². The fraction of sp³-hybridized carbons (Fsp3) is 0.652. The third kappa shape index (κ3) is 4.50. The number of nitrogen functional groups attached to an aromatic ring is 1. The Kier molecular flexibility index (Phi) is 5.65. The zero-order valence-electron chi connectivity index (χ0n) is 18.0. The maximum atomic E-state index is 13.2. The average molecular weight is 450 g/mol. The maximum Gasteiger partial charge on any atom is 0.419 e. The molecule has 4 fully saturated rings. The molecule has 1 aliphatic heterocycles. The van der Waals surface area contributed by atoms with Gasteiger partial charge in [0.15, 0.2) is 0 Å². The van der Waals surface area contributed by atoms with E-state index in [1.54, 1.807) is 6.08 Å². The van der Waals surface area contributed by atoms with Crippen molar-refractivity contribution in [3.8, 4) is 0 Å². The third-order valence-corrected chi connectivity index (χ3v) is 7.41. The first-order chi connectivity index (χ1) is 15.3. The predicted molar refractivity (Wildman–Crippen MR) is 117 cm³/mol. The molecule has 4 aliphatic rings. The van der Waals surface area contributed by atoms with Gasteiger partial charge in [0.1, 0.15) is 5.82 Å². The van der Waals surface area contributed by atoms with Gasteiger partial charge in [0.05, 0.1) is 18.8 Å². The van der Waals surface area contributed by atoms with E-state index in [0.717, 1.165) is 57.5 Å². The fourth-order valence-corrected chi connectivity index (χ4v) is 5.38. The Bertz CT molecular complexity index is 909. The number of hydrogen-bond donors (Lipinski definition) is 2. The molecule has 3 saturated carbocycles. The van der Waals surface area contributed by atoms with Gasteiger partial charge >= 0.3 is 6.18 Å². The lowest BCUT2D eigenvalue weighted by Crippen LogP contribution is -2.43. The number of hydrogen-bond acceptors (Lipinski definition) is 6. The highest BCUT2D eigenvalue weighted by molar-refractivity contribution is 6.04. The molecule has 174 valence electrons. The van der Waals surface area contributed by atoms with Crippen molar-refractivity contribution in [2.45, 2.75) is 37.9 Å². The Labute approximate surface area is 185 Å². The average Bonchev–Trinajstić information content (AvgIpc) is 3.68. The van der Waals surface area contributed by atoms with E-state index < -0.39 is 17.6 Å². The van der Waals surface area contributed by atoms with Crippen LogP contribution in [0.3, 0.4) is 0 Å². The minimum Gasteiger partial charge on any atom is -0.398 e. The lowest BCUT2D eigenvalue weighted by Gasteiger charge is -2.33. The minimum atomic E-state index is -4.57. The van der Waals surface area contributed by atoms with E-state index in [0.29, 0.717) is 29.7 Å². The van der Waals surface area contributed by atoms with Crippen LogP contribution in [0.25, 0.3) is 5.70 Å². The highest BCUT2D eigenvalue weighted by Gasteiger charge is 2.58. The van der Waals surface area contributed by atoms with Gasteiger partial charge in [-0.3, -0.25) is 9.89 Å². The number of morpholine rings is 1. The summed E-state index contributed by atoms with van der Waals surface area (Å²) in [6, 6.07) is 1.58. The standard InChI is InChI=1S/C23H30F3N5O/c24-23(25,26)18-7-14(12-30-22(18)28)19(27)10-20(29-11-13-1-2-13)21-16-8-15(9-17(16)21)31-3-5-32-6-4-31/h7,10,12-13,15-17,21H,1-6,8-9,11,27H2,(H2,28,30). The smallest absolute Gasteiger partial charge is 0.398 e. The molecule has 1 aromatic rings. The number of aliphatic imine (C=N–C) groups is 1. The lowest BCUT2D eigenvalue weighted by atomic mass is 10.00. The van der Waals surface area contributed by atoms with Crippen LogP contribution in [0.1, 0.15) is 36.8 Å². The van der Waals surface area contributed by atoms with E-state index in [9.17, 15) is 13.2 Å². The molecule has 0 radical (unpaired) electrons.